The number of aromatic nitrogens is 1. The van der Waals surface area contributed by atoms with Crippen LogP contribution in [-0.2, 0) is 11.3 Å². The van der Waals surface area contributed by atoms with Crippen LogP contribution in [0.25, 0.3) is 0 Å². The molecule has 0 radical (unpaired) electrons. The summed E-state index contributed by atoms with van der Waals surface area (Å²) >= 11 is 5.29. The highest BCUT2D eigenvalue weighted by atomic mass is 127. The molecule has 0 amide bonds. The highest BCUT2D eigenvalue weighted by molar-refractivity contribution is 14.1. The van der Waals surface area contributed by atoms with Gasteiger partial charge in [-0.2, -0.15) is 0 Å². The first-order valence-electron chi connectivity index (χ1n) is 3.95. The van der Waals surface area contributed by atoms with Gasteiger partial charge < -0.3 is 14.8 Å². The third-order valence-corrected chi connectivity index (χ3v) is 4.29. The Morgan fingerprint density at radius 3 is 2.79 bits per heavy atom. The second-order valence-electron chi connectivity index (χ2n) is 2.49. The zero-order valence-corrected chi connectivity index (χ0v) is 11.2. The Morgan fingerprint density at radius 2 is 2.36 bits per heavy atom. The van der Waals surface area contributed by atoms with Gasteiger partial charge in [-0.15, -0.1) is 0 Å². The van der Waals surface area contributed by atoms with E-state index in [4.69, 9.17) is 9.84 Å². The summed E-state index contributed by atoms with van der Waals surface area (Å²) in [5.74, 6) is -0.405. The summed E-state index contributed by atoms with van der Waals surface area (Å²) in [5.41, 5.74) is 0.959. The van der Waals surface area contributed by atoms with Crippen molar-refractivity contribution in [2.45, 2.75) is 13.5 Å². The van der Waals surface area contributed by atoms with Gasteiger partial charge in [0.2, 0.25) is 0 Å². The van der Waals surface area contributed by atoms with Gasteiger partial charge in [0.25, 0.3) is 0 Å². The van der Waals surface area contributed by atoms with Gasteiger partial charge in [0, 0.05) is 0 Å². The lowest BCUT2D eigenvalue weighted by Crippen LogP contribution is -2.06. The van der Waals surface area contributed by atoms with E-state index in [-0.39, 0.29) is 6.61 Å². The Bertz CT molecular complexity index is 351. The number of esters is 1. The predicted octanol–water partition coefficient (Wildman–Crippen LogP) is 2.05. The summed E-state index contributed by atoms with van der Waals surface area (Å²) in [7, 11) is 0. The number of hydrogen-bond donors (Lipinski definition) is 2. The monoisotopic (exact) mass is 373 g/mol. The molecule has 0 aromatic carbocycles. The number of H-pyrrole nitrogens is 1. The van der Waals surface area contributed by atoms with Gasteiger partial charge in [-0.05, 0) is 45.4 Å². The minimum absolute atomic E-state index is 0.143. The molecule has 2 N–H and O–H groups in total. The summed E-state index contributed by atoms with van der Waals surface area (Å²) in [6.07, 6.45) is 0. The fourth-order valence-corrected chi connectivity index (χ4v) is 2.06. The molecular formula is C8H9BrINO3. The summed E-state index contributed by atoms with van der Waals surface area (Å²) in [6.45, 7) is 1.94. The molecule has 0 aliphatic heterocycles. The SMILES string of the molecule is CCOC(=O)c1[nH]c(CO)c(Br)c1I. The first-order chi connectivity index (χ1) is 6.61. The Hall–Kier alpha value is -0.0800. The average Bonchev–Trinajstić information content (AvgIpc) is 2.44. The van der Waals surface area contributed by atoms with Crippen LogP contribution < -0.4 is 0 Å². The van der Waals surface area contributed by atoms with Crippen molar-refractivity contribution in [3.8, 4) is 0 Å². The molecule has 0 saturated carbocycles. The Balaban J connectivity index is 3.04. The van der Waals surface area contributed by atoms with Gasteiger partial charge in [0.1, 0.15) is 5.69 Å². The zero-order valence-electron chi connectivity index (χ0n) is 7.43. The molecule has 0 aliphatic carbocycles. The number of halogens is 2. The van der Waals surface area contributed by atoms with Crippen LogP contribution >= 0.6 is 38.5 Å². The zero-order chi connectivity index (χ0) is 10.7. The quantitative estimate of drug-likeness (QED) is 0.629. The minimum atomic E-state index is -0.405. The lowest BCUT2D eigenvalue weighted by molar-refractivity contribution is 0.0518. The lowest BCUT2D eigenvalue weighted by atomic mass is 10.4. The van der Waals surface area contributed by atoms with E-state index in [0.29, 0.717) is 22.5 Å². The van der Waals surface area contributed by atoms with Crippen LogP contribution in [0, 0.1) is 3.57 Å². The van der Waals surface area contributed by atoms with Gasteiger partial charge in [0.15, 0.2) is 0 Å². The van der Waals surface area contributed by atoms with Crippen LogP contribution in [0.4, 0.5) is 0 Å². The molecule has 0 atom stereocenters. The molecule has 0 saturated heterocycles. The van der Waals surface area contributed by atoms with Gasteiger partial charge >= 0.3 is 5.97 Å². The smallest absolute Gasteiger partial charge is 0.355 e. The van der Waals surface area contributed by atoms with E-state index in [1.807, 2.05) is 22.6 Å². The number of nitrogens with one attached hydrogen (secondary N) is 1. The van der Waals surface area contributed by atoms with E-state index in [1.165, 1.54) is 0 Å². The van der Waals surface area contributed by atoms with Crippen LogP contribution in [-0.4, -0.2) is 22.7 Å². The van der Waals surface area contributed by atoms with E-state index in [0.717, 1.165) is 3.57 Å². The number of aromatic amines is 1. The van der Waals surface area contributed by atoms with Crippen molar-refractivity contribution in [1.82, 2.24) is 4.98 Å². The van der Waals surface area contributed by atoms with Gasteiger partial charge in [0.05, 0.1) is 27.0 Å². The molecule has 14 heavy (non-hydrogen) atoms. The summed E-state index contributed by atoms with van der Waals surface area (Å²) < 4.78 is 6.28. The van der Waals surface area contributed by atoms with Crippen molar-refractivity contribution < 1.29 is 14.6 Å². The maximum atomic E-state index is 11.4. The van der Waals surface area contributed by atoms with E-state index in [2.05, 4.69) is 20.9 Å². The number of hydrogen-bond acceptors (Lipinski definition) is 3. The Labute approximate surface area is 103 Å². The van der Waals surface area contributed by atoms with E-state index < -0.39 is 5.97 Å². The van der Waals surface area contributed by atoms with Gasteiger partial charge in [-0.25, -0.2) is 4.79 Å². The van der Waals surface area contributed by atoms with Crippen molar-refractivity contribution in [2.24, 2.45) is 0 Å². The van der Waals surface area contributed by atoms with Crippen LogP contribution in [0.2, 0.25) is 0 Å². The number of carbonyl (C=O) groups excluding carboxylic acids is 1. The first kappa shape index (κ1) is 12.0. The van der Waals surface area contributed by atoms with Crippen molar-refractivity contribution in [2.75, 3.05) is 6.61 Å². The van der Waals surface area contributed by atoms with Crippen LogP contribution in [0.5, 0.6) is 0 Å². The topological polar surface area (TPSA) is 62.3 Å². The highest BCUT2D eigenvalue weighted by Gasteiger charge is 2.19. The molecule has 4 nitrogen and oxygen atoms in total. The summed E-state index contributed by atoms with van der Waals surface area (Å²) in [4.78, 5) is 14.2. The van der Waals surface area contributed by atoms with Gasteiger partial charge in [-0.1, -0.05) is 0 Å². The van der Waals surface area contributed by atoms with Crippen molar-refractivity contribution in [3.63, 3.8) is 0 Å². The fraction of sp³-hybridized carbons (Fsp3) is 0.375. The molecule has 0 bridgehead atoms. The molecule has 1 rings (SSSR count). The van der Waals surface area contributed by atoms with E-state index >= 15 is 0 Å². The third kappa shape index (κ3) is 2.29. The van der Waals surface area contributed by atoms with E-state index in [1.54, 1.807) is 6.92 Å². The number of carbonyl (C=O) groups is 1. The first-order valence-corrected chi connectivity index (χ1v) is 5.82. The molecule has 0 fully saturated rings. The second-order valence-corrected chi connectivity index (χ2v) is 4.36. The number of rotatable bonds is 3. The fourth-order valence-electron chi connectivity index (χ4n) is 0.956. The lowest BCUT2D eigenvalue weighted by Gasteiger charge is -1.98. The standard InChI is InChI=1S/C8H9BrINO3/c1-2-14-8(13)7-6(10)5(9)4(3-12)11-7/h11-12H,2-3H2,1H3. The van der Waals surface area contributed by atoms with E-state index in [9.17, 15) is 4.79 Å². The Kier molecular flexibility index (Phi) is 4.39. The molecule has 1 aromatic rings. The molecule has 0 spiro atoms. The van der Waals surface area contributed by atoms with Crippen LogP contribution in [0.1, 0.15) is 23.1 Å². The number of aliphatic hydroxyl groups excluding tert-OH is 1. The Morgan fingerprint density at radius 1 is 1.71 bits per heavy atom. The summed E-state index contributed by atoms with van der Waals surface area (Å²) in [6, 6.07) is 0. The average molecular weight is 374 g/mol. The van der Waals surface area contributed by atoms with Crippen molar-refractivity contribution in [1.29, 1.82) is 0 Å². The molecule has 1 heterocycles. The molecule has 6 heteroatoms. The largest absolute Gasteiger partial charge is 0.461 e. The molecule has 0 unspecified atom stereocenters. The van der Waals surface area contributed by atoms with Gasteiger partial charge in [-0.3, -0.25) is 0 Å². The maximum absolute atomic E-state index is 11.4. The molecule has 1 aromatic heterocycles. The van der Waals surface area contributed by atoms with Crippen molar-refractivity contribution >= 4 is 44.5 Å². The number of aliphatic hydroxyl groups is 1. The third-order valence-electron chi connectivity index (χ3n) is 1.59. The second kappa shape index (κ2) is 5.13. The van der Waals surface area contributed by atoms with Crippen LogP contribution in [0.15, 0.2) is 4.47 Å². The molecule has 78 valence electrons. The summed E-state index contributed by atoms with van der Waals surface area (Å²) in [5, 5.41) is 8.95. The normalized spacial score (nSPS) is 10.3. The van der Waals surface area contributed by atoms with Crippen LogP contribution in [0.3, 0.4) is 0 Å². The maximum Gasteiger partial charge on any atom is 0.355 e. The van der Waals surface area contributed by atoms with Crippen molar-refractivity contribution in [3.05, 3.63) is 19.4 Å². The minimum Gasteiger partial charge on any atom is -0.461 e. The molecule has 0 aliphatic rings. The number of ether oxygens (including phenoxy) is 1. The molecular weight excluding hydrogens is 365 g/mol. The highest BCUT2D eigenvalue weighted by Crippen LogP contribution is 2.27. The predicted molar refractivity (Wildman–Crippen MR) is 63.1 cm³/mol.